The van der Waals surface area contributed by atoms with Gasteiger partial charge in [-0.05, 0) is 43.7 Å². The van der Waals surface area contributed by atoms with Crippen LogP contribution in [0.5, 0.6) is 0 Å². The molecule has 2 nitrogen and oxygen atoms in total. The van der Waals surface area contributed by atoms with Gasteiger partial charge < -0.3 is 10.2 Å². The van der Waals surface area contributed by atoms with Crippen molar-refractivity contribution in [3.63, 3.8) is 0 Å². The molecule has 2 atom stereocenters. The Labute approximate surface area is 127 Å². The van der Waals surface area contributed by atoms with E-state index >= 15 is 0 Å². The van der Waals surface area contributed by atoms with Gasteiger partial charge in [0.1, 0.15) is 0 Å². The van der Waals surface area contributed by atoms with E-state index in [0.717, 1.165) is 12.0 Å². The molecule has 0 amide bonds. The molecular weight excluding hydrogens is 244 g/mol. The second-order valence-electron chi connectivity index (χ2n) is 7.68. The first-order chi connectivity index (χ1) is 9.48. The van der Waals surface area contributed by atoms with E-state index in [1.54, 1.807) is 0 Å². The van der Waals surface area contributed by atoms with Crippen molar-refractivity contribution < 1.29 is 0 Å². The number of hydrogen-bond donors (Lipinski definition) is 1. The summed E-state index contributed by atoms with van der Waals surface area (Å²) in [6, 6.07) is 0.745. The predicted octanol–water partition coefficient (Wildman–Crippen LogP) is 4.30. The molecule has 0 radical (unpaired) electrons. The summed E-state index contributed by atoms with van der Waals surface area (Å²) in [5.74, 6) is 0.793. The molecule has 1 rings (SSSR count). The van der Waals surface area contributed by atoms with E-state index < -0.39 is 0 Å². The van der Waals surface area contributed by atoms with Crippen molar-refractivity contribution in [2.24, 2.45) is 11.3 Å². The van der Waals surface area contributed by atoms with Gasteiger partial charge in [-0.15, -0.1) is 0 Å². The molecule has 0 aromatic rings. The molecule has 2 unspecified atom stereocenters. The molecule has 1 saturated heterocycles. The molecule has 0 aromatic heterocycles. The lowest BCUT2D eigenvalue weighted by Gasteiger charge is -2.41. The van der Waals surface area contributed by atoms with Gasteiger partial charge in [0.15, 0.2) is 0 Å². The maximum atomic E-state index is 3.72. The number of nitrogens with one attached hydrogen (secondary N) is 1. The van der Waals surface area contributed by atoms with Crippen molar-refractivity contribution in [1.29, 1.82) is 0 Å². The SMILES string of the molecule is CCCCCC(C)(C)CN1CCC(NCCC)C(C)C1. The Hall–Kier alpha value is -0.0800. The number of hydrogen-bond acceptors (Lipinski definition) is 2. The van der Waals surface area contributed by atoms with Gasteiger partial charge >= 0.3 is 0 Å². The van der Waals surface area contributed by atoms with Crippen molar-refractivity contribution in [1.82, 2.24) is 10.2 Å². The third kappa shape index (κ3) is 6.58. The minimum atomic E-state index is 0.485. The molecule has 1 aliphatic rings. The number of likely N-dealkylation sites (tertiary alicyclic amines) is 1. The average molecular weight is 283 g/mol. The van der Waals surface area contributed by atoms with Crippen LogP contribution in [0.2, 0.25) is 0 Å². The van der Waals surface area contributed by atoms with Crippen molar-refractivity contribution in [2.75, 3.05) is 26.2 Å². The van der Waals surface area contributed by atoms with Crippen molar-refractivity contribution in [3.05, 3.63) is 0 Å². The number of piperidine rings is 1. The van der Waals surface area contributed by atoms with Gasteiger partial charge in [-0.25, -0.2) is 0 Å². The van der Waals surface area contributed by atoms with Gasteiger partial charge in [-0.3, -0.25) is 0 Å². The van der Waals surface area contributed by atoms with E-state index in [4.69, 9.17) is 0 Å². The zero-order chi connectivity index (χ0) is 15.0. The molecule has 0 bridgehead atoms. The minimum absolute atomic E-state index is 0.485. The Kier molecular flexibility index (Phi) is 8.13. The van der Waals surface area contributed by atoms with E-state index in [1.807, 2.05) is 0 Å². The van der Waals surface area contributed by atoms with Gasteiger partial charge in [-0.2, -0.15) is 0 Å². The molecule has 2 heteroatoms. The lowest BCUT2D eigenvalue weighted by atomic mass is 9.84. The Balaban J connectivity index is 2.32. The van der Waals surface area contributed by atoms with Crippen LogP contribution in [0.1, 0.15) is 73.1 Å². The highest BCUT2D eigenvalue weighted by Crippen LogP contribution is 2.27. The Morgan fingerprint density at radius 1 is 1.15 bits per heavy atom. The van der Waals surface area contributed by atoms with Crippen molar-refractivity contribution in [2.45, 2.75) is 79.2 Å². The fourth-order valence-electron chi connectivity index (χ4n) is 3.55. The third-order valence-corrected chi connectivity index (χ3v) is 4.75. The second kappa shape index (κ2) is 9.04. The zero-order valence-electron chi connectivity index (χ0n) is 14.7. The van der Waals surface area contributed by atoms with Gasteiger partial charge in [-0.1, -0.05) is 53.9 Å². The van der Waals surface area contributed by atoms with E-state index in [2.05, 4.69) is 44.8 Å². The molecule has 0 aliphatic carbocycles. The highest BCUT2D eigenvalue weighted by atomic mass is 15.2. The van der Waals surface area contributed by atoms with Crippen LogP contribution in [0.3, 0.4) is 0 Å². The topological polar surface area (TPSA) is 15.3 Å². The third-order valence-electron chi connectivity index (χ3n) is 4.75. The molecule has 1 aliphatic heterocycles. The van der Waals surface area contributed by atoms with E-state index in [9.17, 15) is 0 Å². The van der Waals surface area contributed by atoms with Crippen LogP contribution in [0.15, 0.2) is 0 Å². The summed E-state index contributed by atoms with van der Waals surface area (Å²) in [4.78, 5) is 2.71. The molecule has 0 spiro atoms. The maximum absolute atomic E-state index is 3.72. The smallest absolute Gasteiger partial charge is 0.0117 e. The lowest BCUT2D eigenvalue weighted by Crippen LogP contribution is -2.50. The first-order valence-corrected chi connectivity index (χ1v) is 8.94. The number of unbranched alkanes of at least 4 members (excludes halogenated alkanes) is 2. The second-order valence-corrected chi connectivity index (χ2v) is 7.68. The predicted molar refractivity (Wildman–Crippen MR) is 90.2 cm³/mol. The van der Waals surface area contributed by atoms with Crippen LogP contribution in [0.4, 0.5) is 0 Å². The van der Waals surface area contributed by atoms with Gasteiger partial charge in [0, 0.05) is 19.1 Å². The van der Waals surface area contributed by atoms with Crippen LogP contribution in [0, 0.1) is 11.3 Å². The monoisotopic (exact) mass is 282 g/mol. The first-order valence-electron chi connectivity index (χ1n) is 8.94. The van der Waals surface area contributed by atoms with Gasteiger partial charge in [0.25, 0.3) is 0 Å². The summed E-state index contributed by atoms with van der Waals surface area (Å²) >= 11 is 0. The van der Waals surface area contributed by atoms with Crippen LogP contribution < -0.4 is 5.32 Å². The van der Waals surface area contributed by atoms with Crippen LogP contribution in [-0.2, 0) is 0 Å². The summed E-state index contributed by atoms with van der Waals surface area (Å²) in [6.07, 6.45) is 8.07. The Morgan fingerprint density at radius 3 is 2.50 bits per heavy atom. The zero-order valence-corrected chi connectivity index (χ0v) is 14.7. The van der Waals surface area contributed by atoms with Crippen LogP contribution in [0.25, 0.3) is 0 Å². The summed E-state index contributed by atoms with van der Waals surface area (Å²) < 4.78 is 0. The highest BCUT2D eigenvalue weighted by Gasteiger charge is 2.29. The summed E-state index contributed by atoms with van der Waals surface area (Å²) in [7, 11) is 0. The molecule has 0 saturated carbocycles. The van der Waals surface area contributed by atoms with E-state index in [-0.39, 0.29) is 0 Å². The van der Waals surface area contributed by atoms with Gasteiger partial charge in [0.05, 0.1) is 0 Å². The molecule has 20 heavy (non-hydrogen) atoms. The van der Waals surface area contributed by atoms with Crippen molar-refractivity contribution in [3.8, 4) is 0 Å². The Morgan fingerprint density at radius 2 is 1.90 bits per heavy atom. The minimum Gasteiger partial charge on any atom is -0.314 e. The van der Waals surface area contributed by atoms with Crippen LogP contribution >= 0.6 is 0 Å². The maximum Gasteiger partial charge on any atom is 0.0117 e. The normalized spacial score (nSPS) is 25.1. The molecule has 1 N–H and O–H groups in total. The summed E-state index contributed by atoms with van der Waals surface area (Å²) in [6.45, 7) is 16.9. The van der Waals surface area contributed by atoms with Crippen LogP contribution in [-0.4, -0.2) is 37.1 Å². The quantitative estimate of drug-likeness (QED) is 0.634. The number of rotatable bonds is 9. The summed E-state index contributed by atoms with van der Waals surface area (Å²) in [5.41, 5.74) is 0.485. The molecule has 1 heterocycles. The van der Waals surface area contributed by atoms with E-state index in [0.29, 0.717) is 5.41 Å². The average Bonchev–Trinajstić information content (AvgIpc) is 2.37. The fourth-order valence-corrected chi connectivity index (χ4v) is 3.55. The fraction of sp³-hybridized carbons (Fsp3) is 1.00. The first kappa shape index (κ1) is 18.0. The molecular formula is C18H38N2. The van der Waals surface area contributed by atoms with Crippen molar-refractivity contribution >= 4 is 0 Å². The highest BCUT2D eigenvalue weighted by molar-refractivity contribution is 4.85. The van der Waals surface area contributed by atoms with Gasteiger partial charge in [0.2, 0.25) is 0 Å². The summed E-state index contributed by atoms with van der Waals surface area (Å²) in [5, 5.41) is 3.72. The lowest BCUT2D eigenvalue weighted by molar-refractivity contribution is 0.0987. The van der Waals surface area contributed by atoms with E-state index in [1.165, 1.54) is 64.7 Å². The largest absolute Gasteiger partial charge is 0.314 e. The standard InChI is InChI=1S/C18H38N2/c1-6-8-9-11-18(4,5)15-20-13-10-17(16(3)14-20)19-12-7-2/h16-17,19H,6-15H2,1-5H3. The molecule has 120 valence electrons. The number of nitrogens with zero attached hydrogens (tertiary/aromatic N) is 1. The Bertz CT molecular complexity index is 250. The molecule has 0 aromatic carbocycles. The molecule has 1 fully saturated rings.